The summed E-state index contributed by atoms with van der Waals surface area (Å²) >= 11 is 0. The van der Waals surface area contributed by atoms with E-state index >= 15 is 0 Å². The number of nitrogens with zero attached hydrogens (tertiary/aromatic N) is 4. The van der Waals surface area contributed by atoms with E-state index in [0.717, 1.165) is 0 Å². The van der Waals surface area contributed by atoms with Gasteiger partial charge in [-0.2, -0.15) is 9.99 Å². The van der Waals surface area contributed by atoms with Crippen LogP contribution in [0.1, 0.15) is 22.3 Å². The smallest absolute Gasteiger partial charge is 0.260 e. The predicted octanol–water partition coefficient (Wildman–Crippen LogP) is 0.880. The number of carbonyl (C=O) groups excluding carboxylic acids is 1. The summed E-state index contributed by atoms with van der Waals surface area (Å²) in [5.41, 5.74) is 0.831. The average Bonchev–Trinajstić information content (AvgIpc) is 3.03. The second-order valence-electron chi connectivity index (χ2n) is 5.23. The third kappa shape index (κ3) is 3.37. The van der Waals surface area contributed by atoms with Gasteiger partial charge in [0.2, 0.25) is 5.88 Å². The van der Waals surface area contributed by atoms with E-state index in [-0.39, 0.29) is 12.0 Å². The Labute approximate surface area is 132 Å². The van der Waals surface area contributed by atoms with Gasteiger partial charge in [-0.3, -0.25) is 4.79 Å². The molecule has 1 amide bonds. The second kappa shape index (κ2) is 6.32. The Bertz CT molecular complexity index is 772. The lowest BCUT2D eigenvalue weighted by Crippen LogP contribution is -2.33. The van der Waals surface area contributed by atoms with Crippen LogP contribution in [0.2, 0.25) is 0 Å². The normalized spacial score (nSPS) is 16.8. The maximum absolute atomic E-state index is 12.4. The Hall–Kier alpha value is -3.14. The Morgan fingerprint density at radius 2 is 2.39 bits per heavy atom. The van der Waals surface area contributed by atoms with E-state index in [1.165, 1.54) is 18.6 Å². The predicted molar refractivity (Wildman–Crippen MR) is 79.3 cm³/mol. The van der Waals surface area contributed by atoms with E-state index < -0.39 is 0 Å². The van der Waals surface area contributed by atoms with Crippen molar-refractivity contribution in [2.24, 2.45) is 0 Å². The molecule has 2 aromatic rings. The summed E-state index contributed by atoms with van der Waals surface area (Å²) in [7, 11) is 0. The van der Waals surface area contributed by atoms with E-state index in [9.17, 15) is 10.0 Å². The number of rotatable bonds is 3. The topological polar surface area (TPSA) is 93.2 Å². The first-order valence-corrected chi connectivity index (χ1v) is 7.16. The Kier molecular flexibility index (Phi) is 4.06. The molecule has 7 nitrogen and oxygen atoms in total. The molecule has 116 valence electrons. The first kappa shape index (κ1) is 14.8. The van der Waals surface area contributed by atoms with Gasteiger partial charge in [-0.05, 0) is 12.1 Å². The first-order chi connectivity index (χ1) is 11.2. The van der Waals surface area contributed by atoms with Crippen LogP contribution in [0.3, 0.4) is 0 Å². The molecule has 1 aliphatic heterocycles. The molecule has 0 radical (unpaired) electrons. The summed E-state index contributed by atoms with van der Waals surface area (Å²) in [5, 5.41) is 20.1. The highest BCUT2D eigenvalue weighted by Gasteiger charge is 2.29. The average molecular weight is 310 g/mol. The lowest BCUT2D eigenvalue weighted by atomic mass is 10.2. The third-order valence-electron chi connectivity index (χ3n) is 3.61. The third-order valence-corrected chi connectivity index (χ3v) is 3.61. The zero-order valence-electron chi connectivity index (χ0n) is 12.3. The number of ether oxygens (including phenoxy) is 1. The molecule has 0 aromatic carbocycles. The van der Waals surface area contributed by atoms with Gasteiger partial charge in [0.05, 0.1) is 18.2 Å². The molecule has 1 fully saturated rings. The molecule has 3 rings (SSSR count). The minimum Gasteiger partial charge on any atom is -0.619 e. The molecule has 0 bridgehead atoms. The van der Waals surface area contributed by atoms with Crippen molar-refractivity contribution in [2.45, 2.75) is 12.5 Å². The van der Waals surface area contributed by atoms with Gasteiger partial charge in [0, 0.05) is 31.3 Å². The molecular weight excluding hydrogens is 296 g/mol. The Balaban J connectivity index is 1.64. The van der Waals surface area contributed by atoms with Crippen molar-refractivity contribution in [3.8, 4) is 11.9 Å². The van der Waals surface area contributed by atoms with Crippen molar-refractivity contribution < 1.29 is 14.3 Å². The van der Waals surface area contributed by atoms with E-state index in [1.807, 2.05) is 6.07 Å². The molecule has 0 aliphatic carbocycles. The maximum atomic E-state index is 12.4. The monoisotopic (exact) mass is 310 g/mol. The highest BCUT2D eigenvalue weighted by molar-refractivity contribution is 5.93. The summed E-state index contributed by atoms with van der Waals surface area (Å²) in [6.45, 7) is 0.972. The van der Waals surface area contributed by atoms with Crippen LogP contribution in [-0.4, -0.2) is 35.0 Å². The summed E-state index contributed by atoms with van der Waals surface area (Å²) in [4.78, 5) is 18.1. The van der Waals surface area contributed by atoms with Gasteiger partial charge < -0.3 is 14.8 Å². The summed E-state index contributed by atoms with van der Waals surface area (Å²) in [5.74, 6) is 0.181. The van der Waals surface area contributed by atoms with Crippen LogP contribution in [0, 0.1) is 16.5 Å². The summed E-state index contributed by atoms with van der Waals surface area (Å²) < 4.78 is 6.34. The van der Waals surface area contributed by atoms with Crippen LogP contribution in [0.15, 0.2) is 42.9 Å². The largest absolute Gasteiger partial charge is 0.619 e. The Morgan fingerprint density at radius 3 is 3.17 bits per heavy atom. The SMILES string of the molecule is N#Cc1ccnc(OC2CCN(C(=O)c3ccc[n+]([O-])c3)C2)c1. The van der Waals surface area contributed by atoms with Crippen LogP contribution in [-0.2, 0) is 0 Å². The summed E-state index contributed by atoms with van der Waals surface area (Å²) in [6, 6.07) is 8.36. The molecule has 3 heterocycles. The first-order valence-electron chi connectivity index (χ1n) is 7.16. The van der Waals surface area contributed by atoms with Gasteiger partial charge in [0.15, 0.2) is 12.4 Å². The van der Waals surface area contributed by atoms with Gasteiger partial charge in [-0.15, -0.1) is 0 Å². The van der Waals surface area contributed by atoms with Crippen LogP contribution >= 0.6 is 0 Å². The molecule has 1 aliphatic rings. The van der Waals surface area contributed by atoms with Gasteiger partial charge >= 0.3 is 0 Å². The van der Waals surface area contributed by atoms with E-state index in [2.05, 4.69) is 4.98 Å². The number of amides is 1. The molecule has 2 aromatic heterocycles. The fourth-order valence-corrected chi connectivity index (χ4v) is 2.49. The van der Waals surface area contributed by atoms with Crippen molar-refractivity contribution in [3.63, 3.8) is 0 Å². The Morgan fingerprint density at radius 1 is 1.52 bits per heavy atom. The van der Waals surface area contributed by atoms with Gasteiger partial charge in [-0.1, -0.05) is 0 Å². The van der Waals surface area contributed by atoms with Gasteiger partial charge in [0.1, 0.15) is 11.7 Å². The van der Waals surface area contributed by atoms with Crippen molar-refractivity contribution >= 4 is 5.91 Å². The standard InChI is InChI=1S/C16H14N4O3/c17-9-12-3-5-18-15(8-12)23-14-4-7-19(11-14)16(21)13-2-1-6-20(22)10-13/h1-3,5-6,8,10,14H,4,7,11H2. The second-order valence-corrected chi connectivity index (χ2v) is 5.23. The zero-order valence-corrected chi connectivity index (χ0v) is 12.3. The van der Waals surface area contributed by atoms with Gasteiger partial charge in [-0.25, -0.2) is 4.98 Å². The quantitative estimate of drug-likeness (QED) is 0.619. The number of likely N-dealkylation sites (tertiary alicyclic amines) is 1. The number of hydrogen-bond donors (Lipinski definition) is 0. The highest BCUT2D eigenvalue weighted by Crippen LogP contribution is 2.18. The highest BCUT2D eigenvalue weighted by atomic mass is 16.5. The number of hydrogen-bond acceptors (Lipinski definition) is 5. The minimum atomic E-state index is -0.194. The number of nitriles is 1. The van der Waals surface area contributed by atoms with Crippen LogP contribution in [0.5, 0.6) is 5.88 Å². The molecule has 0 N–H and O–H groups in total. The maximum Gasteiger partial charge on any atom is 0.260 e. The number of carbonyl (C=O) groups is 1. The van der Waals surface area contributed by atoms with E-state index in [1.54, 1.807) is 29.2 Å². The fourth-order valence-electron chi connectivity index (χ4n) is 2.49. The van der Waals surface area contributed by atoms with Crippen LogP contribution in [0.4, 0.5) is 0 Å². The molecule has 7 heteroatoms. The number of pyridine rings is 2. The summed E-state index contributed by atoms with van der Waals surface area (Å²) in [6.07, 6.45) is 4.61. The number of aromatic nitrogens is 2. The zero-order chi connectivity index (χ0) is 16.2. The van der Waals surface area contributed by atoms with Crippen molar-refractivity contribution in [3.05, 3.63) is 59.2 Å². The molecule has 0 spiro atoms. The fraction of sp³-hybridized carbons (Fsp3) is 0.250. The van der Waals surface area contributed by atoms with E-state index in [0.29, 0.717) is 41.2 Å². The van der Waals surface area contributed by atoms with Gasteiger partial charge in [0.25, 0.3) is 5.91 Å². The lowest BCUT2D eigenvalue weighted by molar-refractivity contribution is -0.605. The molecule has 1 saturated heterocycles. The molecule has 1 atom stereocenters. The van der Waals surface area contributed by atoms with Crippen molar-refractivity contribution in [2.75, 3.05) is 13.1 Å². The molecule has 0 saturated carbocycles. The molecular formula is C16H14N4O3. The van der Waals surface area contributed by atoms with E-state index in [4.69, 9.17) is 10.00 Å². The van der Waals surface area contributed by atoms with Crippen molar-refractivity contribution in [1.82, 2.24) is 9.88 Å². The van der Waals surface area contributed by atoms with Crippen LogP contribution < -0.4 is 9.47 Å². The minimum absolute atomic E-state index is 0.177. The van der Waals surface area contributed by atoms with Crippen molar-refractivity contribution in [1.29, 1.82) is 5.26 Å². The lowest BCUT2D eigenvalue weighted by Gasteiger charge is -2.16. The molecule has 1 unspecified atom stereocenters. The molecule has 23 heavy (non-hydrogen) atoms. The van der Waals surface area contributed by atoms with Crippen LogP contribution in [0.25, 0.3) is 0 Å².